The fraction of sp³-hybridized carbons (Fsp3) is 0.438. The van der Waals surface area contributed by atoms with Gasteiger partial charge in [0.15, 0.2) is 0 Å². The lowest BCUT2D eigenvalue weighted by atomic mass is 10.1. The lowest BCUT2D eigenvalue weighted by Crippen LogP contribution is -2.48. The zero-order chi connectivity index (χ0) is 16.1. The van der Waals surface area contributed by atoms with Crippen LogP contribution in [0, 0.1) is 0 Å². The molecule has 1 atom stereocenters. The van der Waals surface area contributed by atoms with Crippen LogP contribution in [-0.2, 0) is 20.8 Å². The first kappa shape index (κ1) is 16.0. The van der Waals surface area contributed by atoms with Gasteiger partial charge in [-0.15, -0.1) is 0 Å². The maximum atomic E-state index is 12.2. The number of aliphatic carboxylic acids is 1. The molecule has 22 heavy (non-hydrogen) atoms. The Morgan fingerprint density at radius 2 is 1.91 bits per heavy atom. The molecule has 2 amide bonds. The first-order valence-electron chi connectivity index (χ1n) is 7.33. The number of nitrogens with zero attached hydrogens (tertiary/aromatic N) is 1. The topological polar surface area (TPSA) is 86.7 Å². The number of carbonyl (C=O) groups excluding carboxylic acids is 2. The highest BCUT2D eigenvalue weighted by Crippen LogP contribution is 2.28. The third-order valence-electron chi connectivity index (χ3n) is 3.65. The molecule has 2 N–H and O–H groups in total. The maximum Gasteiger partial charge on any atom is 0.326 e. The summed E-state index contributed by atoms with van der Waals surface area (Å²) in [4.78, 5) is 36.4. The van der Waals surface area contributed by atoms with E-state index in [0.717, 1.165) is 18.4 Å². The van der Waals surface area contributed by atoms with E-state index in [0.29, 0.717) is 0 Å². The monoisotopic (exact) mass is 304 g/mol. The van der Waals surface area contributed by atoms with Crippen LogP contribution in [0.5, 0.6) is 0 Å². The van der Waals surface area contributed by atoms with E-state index in [9.17, 15) is 14.4 Å². The van der Waals surface area contributed by atoms with Gasteiger partial charge in [0.2, 0.25) is 11.8 Å². The smallest absolute Gasteiger partial charge is 0.326 e. The Kier molecular flexibility index (Phi) is 5.14. The van der Waals surface area contributed by atoms with Crippen LogP contribution in [0.1, 0.15) is 25.3 Å². The molecule has 118 valence electrons. The fourth-order valence-corrected chi connectivity index (χ4v) is 2.32. The molecule has 1 unspecified atom stereocenters. The van der Waals surface area contributed by atoms with Crippen molar-refractivity contribution in [1.29, 1.82) is 0 Å². The molecule has 6 heteroatoms. The summed E-state index contributed by atoms with van der Waals surface area (Å²) < 4.78 is 0. The quantitative estimate of drug-likeness (QED) is 0.780. The van der Waals surface area contributed by atoms with Gasteiger partial charge in [0.05, 0.1) is 13.0 Å². The number of amides is 2. The molecule has 0 heterocycles. The zero-order valence-electron chi connectivity index (χ0n) is 12.5. The summed E-state index contributed by atoms with van der Waals surface area (Å²) in [6, 6.07) is 8.35. The van der Waals surface area contributed by atoms with Gasteiger partial charge >= 0.3 is 5.97 Å². The van der Waals surface area contributed by atoms with Gasteiger partial charge in [0.1, 0.15) is 6.04 Å². The first-order chi connectivity index (χ1) is 10.5. The zero-order valence-corrected chi connectivity index (χ0v) is 12.5. The van der Waals surface area contributed by atoms with Crippen molar-refractivity contribution < 1.29 is 19.5 Å². The van der Waals surface area contributed by atoms with Crippen molar-refractivity contribution in [2.45, 2.75) is 38.3 Å². The number of hydrogen-bond acceptors (Lipinski definition) is 3. The van der Waals surface area contributed by atoms with Crippen LogP contribution in [0.4, 0.5) is 0 Å². The second-order valence-electron chi connectivity index (χ2n) is 5.49. The van der Waals surface area contributed by atoms with Crippen molar-refractivity contribution in [3.63, 3.8) is 0 Å². The molecule has 0 radical (unpaired) electrons. The van der Waals surface area contributed by atoms with E-state index in [2.05, 4.69) is 5.32 Å². The molecule has 0 aliphatic heterocycles. The molecule has 2 rings (SSSR count). The van der Waals surface area contributed by atoms with Crippen LogP contribution in [0.15, 0.2) is 30.3 Å². The van der Waals surface area contributed by atoms with Crippen molar-refractivity contribution in [1.82, 2.24) is 10.2 Å². The maximum absolute atomic E-state index is 12.2. The Morgan fingerprint density at radius 3 is 2.45 bits per heavy atom. The number of carboxylic acid groups (broad SMARTS) is 1. The summed E-state index contributed by atoms with van der Waals surface area (Å²) in [7, 11) is 0. The molecule has 0 bridgehead atoms. The molecule has 1 aromatic rings. The Balaban J connectivity index is 1.85. The summed E-state index contributed by atoms with van der Waals surface area (Å²) in [5.74, 6) is -1.63. The average Bonchev–Trinajstić information content (AvgIpc) is 3.31. The van der Waals surface area contributed by atoms with Gasteiger partial charge < -0.3 is 15.3 Å². The average molecular weight is 304 g/mol. The molecule has 1 fully saturated rings. The Morgan fingerprint density at radius 1 is 1.27 bits per heavy atom. The summed E-state index contributed by atoms with van der Waals surface area (Å²) in [5.41, 5.74) is 0.866. The lowest BCUT2D eigenvalue weighted by Gasteiger charge is -2.26. The van der Waals surface area contributed by atoms with E-state index in [-0.39, 0.29) is 30.8 Å². The molecular weight excluding hydrogens is 284 g/mol. The van der Waals surface area contributed by atoms with Crippen molar-refractivity contribution in [2.24, 2.45) is 0 Å². The minimum atomic E-state index is -1.03. The van der Waals surface area contributed by atoms with Gasteiger partial charge in [0.25, 0.3) is 0 Å². The summed E-state index contributed by atoms with van der Waals surface area (Å²) >= 11 is 0. The Bertz CT molecular complexity index is 555. The highest BCUT2D eigenvalue weighted by Gasteiger charge is 2.38. The predicted molar refractivity (Wildman–Crippen MR) is 80.1 cm³/mol. The molecule has 1 aromatic carbocycles. The van der Waals surface area contributed by atoms with Crippen molar-refractivity contribution >= 4 is 17.8 Å². The second-order valence-corrected chi connectivity index (χ2v) is 5.49. The number of carbonyl (C=O) groups is 3. The molecule has 6 nitrogen and oxygen atoms in total. The van der Waals surface area contributed by atoms with Crippen LogP contribution in [0.25, 0.3) is 0 Å². The number of rotatable bonds is 7. The lowest BCUT2D eigenvalue weighted by molar-refractivity contribution is -0.149. The van der Waals surface area contributed by atoms with E-state index in [1.54, 1.807) is 0 Å². The fourth-order valence-electron chi connectivity index (χ4n) is 2.32. The number of benzene rings is 1. The summed E-state index contributed by atoms with van der Waals surface area (Å²) in [6.45, 7) is 1.32. The van der Waals surface area contributed by atoms with E-state index in [1.165, 1.54) is 11.8 Å². The van der Waals surface area contributed by atoms with Crippen molar-refractivity contribution in [3.8, 4) is 0 Å². The van der Waals surface area contributed by atoms with E-state index in [1.807, 2.05) is 30.3 Å². The molecular formula is C16H20N2O4. The molecule has 0 aromatic heterocycles. The van der Waals surface area contributed by atoms with E-state index < -0.39 is 12.0 Å². The normalized spacial score (nSPS) is 15.0. The number of nitrogens with one attached hydrogen (secondary N) is 1. The summed E-state index contributed by atoms with van der Waals surface area (Å²) in [6.07, 6.45) is 1.84. The van der Waals surface area contributed by atoms with Gasteiger partial charge in [-0.2, -0.15) is 0 Å². The highest BCUT2D eigenvalue weighted by atomic mass is 16.4. The van der Waals surface area contributed by atoms with Gasteiger partial charge in [-0.05, 0) is 25.3 Å². The first-order valence-corrected chi connectivity index (χ1v) is 7.33. The van der Waals surface area contributed by atoms with Gasteiger partial charge in [-0.3, -0.25) is 9.59 Å². The molecule has 0 spiro atoms. The number of hydrogen-bond donors (Lipinski definition) is 2. The van der Waals surface area contributed by atoms with E-state index in [4.69, 9.17) is 5.11 Å². The minimum absolute atomic E-state index is 0.00961. The van der Waals surface area contributed by atoms with Gasteiger partial charge in [0, 0.05) is 6.04 Å². The third kappa shape index (κ3) is 4.31. The van der Waals surface area contributed by atoms with Gasteiger partial charge in [-0.25, -0.2) is 4.79 Å². The highest BCUT2D eigenvalue weighted by molar-refractivity contribution is 5.88. The third-order valence-corrected chi connectivity index (χ3v) is 3.65. The Hall–Kier alpha value is -2.37. The molecule has 1 aliphatic rings. The standard InChI is InChI=1S/C16H20N2O4/c1-11(16(21)22)18(13-7-8-13)15(20)10-17-14(19)9-12-5-3-2-4-6-12/h2-6,11,13H,7-10H2,1H3,(H,17,19)(H,21,22). The SMILES string of the molecule is CC(C(=O)O)N(C(=O)CNC(=O)Cc1ccccc1)C1CC1. The molecule has 1 aliphatic carbocycles. The van der Waals surface area contributed by atoms with Crippen LogP contribution >= 0.6 is 0 Å². The molecule has 0 saturated heterocycles. The predicted octanol–water partition coefficient (Wildman–Crippen LogP) is 0.809. The van der Waals surface area contributed by atoms with Crippen LogP contribution in [-0.4, -0.2) is 46.4 Å². The summed E-state index contributed by atoms with van der Waals surface area (Å²) in [5, 5.41) is 11.6. The number of carboxylic acids is 1. The van der Waals surface area contributed by atoms with Crippen molar-refractivity contribution in [2.75, 3.05) is 6.54 Å². The van der Waals surface area contributed by atoms with Crippen LogP contribution in [0.2, 0.25) is 0 Å². The van der Waals surface area contributed by atoms with Crippen molar-refractivity contribution in [3.05, 3.63) is 35.9 Å². The van der Waals surface area contributed by atoms with E-state index >= 15 is 0 Å². The second kappa shape index (κ2) is 7.06. The van der Waals surface area contributed by atoms with Crippen LogP contribution < -0.4 is 5.32 Å². The van der Waals surface area contributed by atoms with Gasteiger partial charge in [-0.1, -0.05) is 30.3 Å². The Labute approximate surface area is 129 Å². The largest absolute Gasteiger partial charge is 0.480 e. The molecule has 1 saturated carbocycles. The van der Waals surface area contributed by atoms with Crippen LogP contribution in [0.3, 0.4) is 0 Å². The minimum Gasteiger partial charge on any atom is -0.480 e.